The molecule has 0 bridgehead atoms. The second-order valence-corrected chi connectivity index (χ2v) is 4.29. The van der Waals surface area contributed by atoms with E-state index in [1.54, 1.807) is 12.1 Å². The van der Waals surface area contributed by atoms with Crippen molar-refractivity contribution < 1.29 is 4.39 Å². The Morgan fingerprint density at radius 3 is 3.08 bits per heavy atom. The molecule has 3 heteroatoms. The van der Waals surface area contributed by atoms with Crippen LogP contribution in [0.4, 0.5) is 4.39 Å². The SMILES string of the molecule is Fc1cccc(C2CSCCN2)c1. The summed E-state index contributed by atoms with van der Waals surface area (Å²) in [5.41, 5.74) is 1.06. The third-order valence-corrected chi connectivity index (χ3v) is 3.23. The van der Waals surface area contributed by atoms with Gasteiger partial charge in [0.15, 0.2) is 0 Å². The average Bonchev–Trinajstić information content (AvgIpc) is 2.19. The Kier molecular flexibility index (Phi) is 2.86. The summed E-state index contributed by atoms with van der Waals surface area (Å²) in [6.45, 7) is 1.02. The molecule has 1 aliphatic rings. The van der Waals surface area contributed by atoms with Crippen molar-refractivity contribution in [2.45, 2.75) is 6.04 Å². The molecule has 1 aliphatic heterocycles. The first-order valence-corrected chi connectivity index (χ1v) is 5.58. The molecule has 1 nitrogen and oxygen atoms in total. The highest BCUT2D eigenvalue weighted by Crippen LogP contribution is 2.21. The van der Waals surface area contributed by atoms with Gasteiger partial charge in [-0.1, -0.05) is 12.1 Å². The number of hydrogen-bond donors (Lipinski definition) is 1. The van der Waals surface area contributed by atoms with E-state index in [2.05, 4.69) is 5.32 Å². The Morgan fingerprint density at radius 1 is 1.46 bits per heavy atom. The normalized spacial score (nSPS) is 23.0. The molecule has 1 heterocycles. The summed E-state index contributed by atoms with van der Waals surface area (Å²) in [6, 6.07) is 7.18. The van der Waals surface area contributed by atoms with Gasteiger partial charge in [-0.2, -0.15) is 11.8 Å². The van der Waals surface area contributed by atoms with Crippen molar-refractivity contribution in [2.24, 2.45) is 0 Å². The summed E-state index contributed by atoms with van der Waals surface area (Å²) < 4.78 is 12.9. The molecule has 13 heavy (non-hydrogen) atoms. The van der Waals surface area contributed by atoms with Crippen molar-refractivity contribution in [3.63, 3.8) is 0 Å². The first-order chi connectivity index (χ1) is 6.36. The first-order valence-electron chi connectivity index (χ1n) is 4.43. The zero-order chi connectivity index (χ0) is 9.10. The molecule has 1 fully saturated rings. The van der Waals surface area contributed by atoms with E-state index in [1.165, 1.54) is 6.07 Å². The van der Waals surface area contributed by atoms with Crippen LogP contribution in [0.25, 0.3) is 0 Å². The van der Waals surface area contributed by atoms with E-state index < -0.39 is 0 Å². The molecular formula is C10H12FNS. The highest BCUT2D eigenvalue weighted by Gasteiger charge is 2.14. The summed E-state index contributed by atoms with van der Waals surface area (Å²) in [4.78, 5) is 0. The van der Waals surface area contributed by atoms with Crippen LogP contribution in [0.5, 0.6) is 0 Å². The van der Waals surface area contributed by atoms with Crippen molar-refractivity contribution in [3.8, 4) is 0 Å². The van der Waals surface area contributed by atoms with Gasteiger partial charge in [-0.25, -0.2) is 4.39 Å². The van der Waals surface area contributed by atoms with Crippen LogP contribution < -0.4 is 5.32 Å². The van der Waals surface area contributed by atoms with Crippen molar-refractivity contribution in [1.29, 1.82) is 0 Å². The largest absolute Gasteiger partial charge is 0.308 e. The van der Waals surface area contributed by atoms with Crippen LogP contribution in [0.1, 0.15) is 11.6 Å². The van der Waals surface area contributed by atoms with Crippen LogP contribution in [0.2, 0.25) is 0 Å². The smallest absolute Gasteiger partial charge is 0.123 e. The van der Waals surface area contributed by atoms with Crippen LogP contribution in [0, 0.1) is 5.82 Å². The van der Waals surface area contributed by atoms with Crippen molar-refractivity contribution >= 4 is 11.8 Å². The monoisotopic (exact) mass is 197 g/mol. The van der Waals surface area contributed by atoms with Gasteiger partial charge >= 0.3 is 0 Å². The Balaban J connectivity index is 2.14. The first kappa shape index (κ1) is 9.03. The second-order valence-electron chi connectivity index (χ2n) is 3.14. The Hall–Kier alpha value is -0.540. The predicted octanol–water partition coefficient (Wildman–Crippen LogP) is 2.20. The van der Waals surface area contributed by atoms with Gasteiger partial charge in [0.05, 0.1) is 0 Å². The molecule has 1 N–H and O–H groups in total. The molecule has 2 rings (SSSR count). The van der Waals surface area contributed by atoms with Crippen molar-refractivity contribution in [2.75, 3.05) is 18.1 Å². The van der Waals surface area contributed by atoms with E-state index in [-0.39, 0.29) is 5.82 Å². The fourth-order valence-electron chi connectivity index (χ4n) is 1.50. The standard InChI is InChI=1S/C10H12FNS/c11-9-3-1-2-8(6-9)10-7-13-5-4-12-10/h1-3,6,10,12H,4-5,7H2. The fourth-order valence-corrected chi connectivity index (χ4v) is 2.48. The highest BCUT2D eigenvalue weighted by molar-refractivity contribution is 7.99. The molecular weight excluding hydrogens is 185 g/mol. The molecule has 0 aromatic heterocycles. The topological polar surface area (TPSA) is 12.0 Å². The number of benzene rings is 1. The third-order valence-electron chi connectivity index (χ3n) is 2.17. The van der Waals surface area contributed by atoms with Crippen molar-refractivity contribution in [3.05, 3.63) is 35.6 Å². The number of hydrogen-bond acceptors (Lipinski definition) is 2. The van der Waals surface area contributed by atoms with Gasteiger partial charge in [0.2, 0.25) is 0 Å². The van der Waals surface area contributed by atoms with Crippen LogP contribution in [0.15, 0.2) is 24.3 Å². The van der Waals surface area contributed by atoms with E-state index >= 15 is 0 Å². The Bertz CT molecular complexity index is 284. The molecule has 0 amide bonds. The Morgan fingerprint density at radius 2 is 2.38 bits per heavy atom. The lowest BCUT2D eigenvalue weighted by molar-refractivity contribution is 0.581. The van der Waals surface area contributed by atoms with Crippen LogP contribution in [-0.4, -0.2) is 18.1 Å². The number of rotatable bonds is 1. The minimum Gasteiger partial charge on any atom is -0.308 e. The lowest BCUT2D eigenvalue weighted by Gasteiger charge is -2.23. The minimum atomic E-state index is -0.144. The van der Waals surface area contributed by atoms with Crippen LogP contribution >= 0.6 is 11.8 Å². The molecule has 1 unspecified atom stereocenters. The molecule has 70 valence electrons. The lowest BCUT2D eigenvalue weighted by atomic mass is 10.1. The van der Waals surface area contributed by atoms with Gasteiger partial charge in [-0.15, -0.1) is 0 Å². The molecule has 1 aromatic carbocycles. The maximum atomic E-state index is 12.9. The average molecular weight is 197 g/mol. The van der Waals surface area contributed by atoms with Crippen LogP contribution in [0.3, 0.4) is 0 Å². The summed E-state index contributed by atoms with van der Waals surface area (Å²) in [5.74, 6) is 2.06. The number of nitrogens with one attached hydrogen (secondary N) is 1. The minimum absolute atomic E-state index is 0.144. The van der Waals surface area contributed by atoms with Gasteiger partial charge in [-0.05, 0) is 17.7 Å². The molecule has 1 saturated heterocycles. The fraction of sp³-hybridized carbons (Fsp3) is 0.400. The molecule has 0 spiro atoms. The van der Waals surface area contributed by atoms with E-state index in [0.717, 1.165) is 23.6 Å². The summed E-state index contributed by atoms with van der Waals surface area (Å²) >= 11 is 1.92. The van der Waals surface area contributed by atoms with E-state index in [4.69, 9.17) is 0 Å². The van der Waals surface area contributed by atoms with Gasteiger partial charge in [0.1, 0.15) is 5.82 Å². The summed E-state index contributed by atoms with van der Waals surface area (Å²) in [5, 5.41) is 3.38. The highest BCUT2D eigenvalue weighted by atomic mass is 32.2. The molecule has 0 saturated carbocycles. The summed E-state index contributed by atoms with van der Waals surface area (Å²) in [7, 11) is 0. The van der Waals surface area contributed by atoms with Gasteiger partial charge in [0, 0.05) is 24.1 Å². The Labute approximate surface area is 81.7 Å². The number of halogens is 1. The molecule has 0 aliphatic carbocycles. The lowest BCUT2D eigenvalue weighted by Crippen LogP contribution is -2.30. The zero-order valence-electron chi connectivity index (χ0n) is 7.29. The van der Waals surface area contributed by atoms with E-state index in [0.29, 0.717) is 6.04 Å². The maximum Gasteiger partial charge on any atom is 0.123 e. The quantitative estimate of drug-likeness (QED) is 0.740. The summed E-state index contributed by atoms with van der Waals surface area (Å²) in [6.07, 6.45) is 0. The maximum absolute atomic E-state index is 12.9. The molecule has 1 atom stereocenters. The third kappa shape index (κ3) is 2.23. The molecule has 0 radical (unpaired) electrons. The van der Waals surface area contributed by atoms with Gasteiger partial charge < -0.3 is 5.32 Å². The van der Waals surface area contributed by atoms with E-state index in [9.17, 15) is 4.39 Å². The van der Waals surface area contributed by atoms with Crippen LogP contribution in [-0.2, 0) is 0 Å². The van der Waals surface area contributed by atoms with E-state index in [1.807, 2.05) is 17.8 Å². The predicted molar refractivity (Wildman–Crippen MR) is 54.5 cm³/mol. The molecule has 1 aromatic rings. The second kappa shape index (κ2) is 4.11. The zero-order valence-corrected chi connectivity index (χ0v) is 8.11. The number of thioether (sulfide) groups is 1. The van der Waals surface area contributed by atoms with Gasteiger partial charge in [-0.3, -0.25) is 0 Å². The van der Waals surface area contributed by atoms with Crippen molar-refractivity contribution in [1.82, 2.24) is 5.32 Å². The van der Waals surface area contributed by atoms with Gasteiger partial charge in [0.25, 0.3) is 0 Å².